The summed E-state index contributed by atoms with van der Waals surface area (Å²) in [7, 11) is -3.94. The third-order valence-corrected chi connectivity index (χ3v) is 7.24. The van der Waals surface area contributed by atoms with Gasteiger partial charge in [0.05, 0.1) is 29.3 Å². The van der Waals surface area contributed by atoms with Crippen molar-refractivity contribution in [3.8, 4) is 5.75 Å². The number of esters is 1. The van der Waals surface area contributed by atoms with Crippen molar-refractivity contribution >= 4 is 33.3 Å². The monoisotopic (exact) mass is 480 g/mol. The van der Waals surface area contributed by atoms with E-state index in [0.29, 0.717) is 22.5 Å². The number of ether oxygens (including phenoxy) is 2. The smallest absolute Gasteiger partial charge is 0.338 e. The van der Waals surface area contributed by atoms with Gasteiger partial charge in [0, 0.05) is 5.69 Å². The summed E-state index contributed by atoms with van der Waals surface area (Å²) in [6.45, 7) is 3.43. The highest BCUT2D eigenvalue weighted by Gasteiger charge is 2.37. The quantitative estimate of drug-likeness (QED) is 0.539. The molecule has 1 atom stereocenters. The molecular formula is C25H24N2O6S. The van der Waals surface area contributed by atoms with E-state index >= 15 is 0 Å². The van der Waals surface area contributed by atoms with E-state index in [1.807, 2.05) is 0 Å². The number of rotatable bonds is 6. The van der Waals surface area contributed by atoms with E-state index in [1.165, 1.54) is 16.4 Å². The van der Waals surface area contributed by atoms with Crippen LogP contribution in [0.25, 0.3) is 0 Å². The molecule has 1 amide bonds. The lowest BCUT2D eigenvalue weighted by Crippen LogP contribution is -2.48. The summed E-state index contributed by atoms with van der Waals surface area (Å²) >= 11 is 0. The molecule has 9 heteroatoms. The van der Waals surface area contributed by atoms with Crippen molar-refractivity contribution in [3.05, 3.63) is 83.9 Å². The van der Waals surface area contributed by atoms with Crippen LogP contribution in [0.4, 0.5) is 11.4 Å². The number of hydrogen-bond acceptors (Lipinski definition) is 6. The molecule has 1 N–H and O–H groups in total. The molecule has 8 nitrogen and oxygen atoms in total. The Morgan fingerprint density at radius 3 is 2.47 bits per heavy atom. The van der Waals surface area contributed by atoms with Gasteiger partial charge in [0.15, 0.2) is 6.10 Å². The fourth-order valence-corrected chi connectivity index (χ4v) is 5.20. The first kappa shape index (κ1) is 23.3. The zero-order valence-electron chi connectivity index (χ0n) is 18.7. The Kier molecular flexibility index (Phi) is 6.56. The molecule has 1 heterocycles. The van der Waals surface area contributed by atoms with E-state index in [9.17, 15) is 18.0 Å². The van der Waals surface area contributed by atoms with Crippen molar-refractivity contribution in [1.82, 2.24) is 0 Å². The Balaban J connectivity index is 1.63. The number of anilines is 2. The highest BCUT2D eigenvalue weighted by atomic mass is 32.2. The maximum absolute atomic E-state index is 13.4. The number of fused-ring (bicyclic) bond motifs is 1. The van der Waals surface area contributed by atoms with Gasteiger partial charge in [-0.2, -0.15) is 0 Å². The second-order valence-electron chi connectivity index (χ2n) is 7.61. The third kappa shape index (κ3) is 4.47. The number of carbonyl (C=O) groups excluding carboxylic acids is 2. The number of amides is 1. The van der Waals surface area contributed by atoms with Gasteiger partial charge < -0.3 is 14.8 Å². The van der Waals surface area contributed by atoms with E-state index in [1.54, 1.807) is 74.5 Å². The van der Waals surface area contributed by atoms with E-state index < -0.39 is 28.0 Å². The van der Waals surface area contributed by atoms with Gasteiger partial charge in [-0.1, -0.05) is 36.4 Å². The minimum absolute atomic E-state index is 0.115. The van der Waals surface area contributed by atoms with Crippen molar-refractivity contribution in [2.45, 2.75) is 24.8 Å². The van der Waals surface area contributed by atoms with Crippen LogP contribution in [0.2, 0.25) is 0 Å². The number of nitrogens with one attached hydrogen (secondary N) is 1. The van der Waals surface area contributed by atoms with E-state index in [-0.39, 0.29) is 23.8 Å². The van der Waals surface area contributed by atoms with Crippen molar-refractivity contribution in [1.29, 1.82) is 0 Å². The van der Waals surface area contributed by atoms with Crippen LogP contribution in [0.1, 0.15) is 22.8 Å². The molecule has 0 radical (unpaired) electrons. The fourth-order valence-electron chi connectivity index (χ4n) is 3.70. The molecule has 0 spiro atoms. The van der Waals surface area contributed by atoms with E-state index in [2.05, 4.69) is 5.32 Å². The van der Waals surface area contributed by atoms with Crippen molar-refractivity contribution in [3.63, 3.8) is 0 Å². The van der Waals surface area contributed by atoms with Gasteiger partial charge in [-0.05, 0) is 55.8 Å². The highest BCUT2D eigenvalue weighted by molar-refractivity contribution is 7.92. The molecule has 4 rings (SSSR count). The topological polar surface area (TPSA) is 102 Å². The summed E-state index contributed by atoms with van der Waals surface area (Å²) in [6.07, 6.45) is -1.11. The van der Waals surface area contributed by atoms with Gasteiger partial charge in [-0.15, -0.1) is 0 Å². The molecule has 34 heavy (non-hydrogen) atoms. The molecule has 3 aromatic rings. The van der Waals surface area contributed by atoms with Crippen LogP contribution >= 0.6 is 0 Å². The lowest BCUT2D eigenvalue weighted by Gasteiger charge is -2.34. The Morgan fingerprint density at radius 2 is 1.74 bits per heavy atom. The standard InChI is InChI=1S/C25H24N2O6S/c1-3-32-25(29)19-12-9-13-20(17(19)2)26-24(28)23-16-27(21-14-7-8-15-22(21)33-23)34(30,31)18-10-5-4-6-11-18/h4-15,23H,3,16H2,1-2H3,(H,26,28)/t23-/m0/s1. The zero-order chi connectivity index (χ0) is 24.3. The molecule has 1 aliphatic heterocycles. The maximum atomic E-state index is 13.4. The molecule has 0 fully saturated rings. The first-order chi connectivity index (χ1) is 16.3. The van der Waals surface area contributed by atoms with Crippen LogP contribution < -0.4 is 14.4 Å². The number of benzene rings is 3. The van der Waals surface area contributed by atoms with Gasteiger partial charge in [-0.3, -0.25) is 9.10 Å². The van der Waals surface area contributed by atoms with Gasteiger partial charge in [0.2, 0.25) is 0 Å². The summed E-state index contributed by atoms with van der Waals surface area (Å²) in [5, 5.41) is 2.77. The fraction of sp³-hybridized carbons (Fsp3) is 0.200. The molecule has 0 bridgehead atoms. The minimum Gasteiger partial charge on any atom is -0.476 e. The van der Waals surface area contributed by atoms with Crippen LogP contribution in [-0.4, -0.2) is 39.5 Å². The molecule has 0 saturated heterocycles. The van der Waals surface area contributed by atoms with Gasteiger partial charge in [0.1, 0.15) is 5.75 Å². The van der Waals surface area contributed by atoms with Crippen LogP contribution in [0.15, 0.2) is 77.7 Å². The van der Waals surface area contributed by atoms with Gasteiger partial charge in [0.25, 0.3) is 15.9 Å². The second kappa shape index (κ2) is 9.56. The Labute approximate surface area is 198 Å². The average molecular weight is 481 g/mol. The maximum Gasteiger partial charge on any atom is 0.338 e. The Bertz CT molecular complexity index is 1320. The minimum atomic E-state index is -3.94. The lowest BCUT2D eigenvalue weighted by atomic mass is 10.1. The first-order valence-electron chi connectivity index (χ1n) is 10.7. The number of para-hydroxylation sites is 2. The molecule has 1 aliphatic rings. The second-order valence-corrected chi connectivity index (χ2v) is 9.47. The summed E-state index contributed by atoms with van der Waals surface area (Å²) < 4.78 is 38.9. The molecule has 176 valence electrons. The van der Waals surface area contributed by atoms with Crippen molar-refractivity contribution < 1.29 is 27.5 Å². The van der Waals surface area contributed by atoms with Crippen LogP contribution in [0.3, 0.4) is 0 Å². The van der Waals surface area contributed by atoms with Crippen LogP contribution in [0.5, 0.6) is 5.75 Å². The van der Waals surface area contributed by atoms with Gasteiger partial charge >= 0.3 is 5.97 Å². The molecule has 0 unspecified atom stereocenters. The molecule has 0 aromatic heterocycles. The Morgan fingerprint density at radius 1 is 1.03 bits per heavy atom. The predicted octanol–water partition coefficient (Wildman–Crippen LogP) is 3.77. The largest absolute Gasteiger partial charge is 0.476 e. The molecule has 0 saturated carbocycles. The summed E-state index contributed by atoms with van der Waals surface area (Å²) in [5.74, 6) is -0.739. The SMILES string of the molecule is CCOC(=O)c1cccc(NC(=O)[C@@H]2CN(S(=O)(=O)c3ccccc3)c3ccccc3O2)c1C. The Hall–Kier alpha value is -3.85. The van der Waals surface area contributed by atoms with Crippen LogP contribution in [-0.2, 0) is 19.6 Å². The number of carbonyl (C=O) groups is 2. The predicted molar refractivity (Wildman–Crippen MR) is 128 cm³/mol. The molecular weight excluding hydrogens is 456 g/mol. The molecule has 3 aromatic carbocycles. The highest BCUT2D eigenvalue weighted by Crippen LogP contribution is 2.37. The summed E-state index contributed by atoms with van der Waals surface area (Å²) in [6, 6.07) is 19.6. The average Bonchev–Trinajstić information content (AvgIpc) is 2.85. The van der Waals surface area contributed by atoms with Crippen molar-refractivity contribution in [2.24, 2.45) is 0 Å². The summed E-state index contributed by atoms with van der Waals surface area (Å²) in [4.78, 5) is 25.5. The van der Waals surface area contributed by atoms with Gasteiger partial charge in [-0.25, -0.2) is 13.2 Å². The van der Waals surface area contributed by atoms with E-state index in [4.69, 9.17) is 9.47 Å². The van der Waals surface area contributed by atoms with Crippen LogP contribution in [0, 0.1) is 6.92 Å². The number of hydrogen-bond donors (Lipinski definition) is 1. The normalized spacial score (nSPS) is 15.1. The number of sulfonamides is 1. The van der Waals surface area contributed by atoms with E-state index in [0.717, 1.165) is 0 Å². The third-order valence-electron chi connectivity index (χ3n) is 5.45. The first-order valence-corrected chi connectivity index (χ1v) is 12.2. The number of nitrogens with zero attached hydrogens (tertiary/aromatic N) is 1. The van der Waals surface area contributed by atoms with Crippen molar-refractivity contribution in [2.75, 3.05) is 22.8 Å². The lowest BCUT2D eigenvalue weighted by molar-refractivity contribution is -0.122. The zero-order valence-corrected chi connectivity index (χ0v) is 19.5. The molecule has 0 aliphatic carbocycles. The summed E-state index contributed by atoms with van der Waals surface area (Å²) in [5.41, 5.74) is 1.65.